The van der Waals surface area contributed by atoms with Crippen molar-refractivity contribution in [3.63, 3.8) is 0 Å². The average molecular weight is 163 g/mol. The van der Waals surface area contributed by atoms with E-state index in [-0.39, 0.29) is 11.4 Å². The number of anilines is 1. The van der Waals surface area contributed by atoms with Crippen LogP contribution in [0.5, 0.6) is 5.75 Å². The van der Waals surface area contributed by atoms with Crippen LogP contribution in [0.4, 0.5) is 5.69 Å². The molecule has 1 N–H and O–H groups in total. The number of aromatic hydroxyl groups is 1. The zero-order valence-electron chi connectivity index (χ0n) is 6.94. The van der Waals surface area contributed by atoms with Crippen LogP contribution in [-0.2, 0) is 0 Å². The number of hydrogen-bond donors (Lipinski definition) is 1. The quantitative estimate of drug-likeness (QED) is 0.662. The molecule has 0 unspecified atom stereocenters. The van der Waals surface area contributed by atoms with Gasteiger partial charge in [-0.05, 0) is 0 Å². The van der Waals surface area contributed by atoms with Gasteiger partial charge in [-0.1, -0.05) is 0 Å². The molecule has 0 amide bonds. The van der Waals surface area contributed by atoms with Crippen LogP contribution < -0.4 is 4.90 Å². The van der Waals surface area contributed by atoms with Crippen LogP contribution in [0.1, 0.15) is 5.69 Å². The first kappa shape index (κ1) is 8.34. The lowest BCUT2D eigenvalue weighted by Gasteiger charge is -2.11. The maximum atomic E-state index is 9.23. The third-order valence-corrected chi connectivity index (χ3v) is 1.48. The van der Waals surface area contributed by atoms with E-state index in [1.807, 2.05) is 14.1 Å². The Bertz CT molecular complexity index is 328. The first-order chi connectivity index (χ1) is 5.65. The Morgan fingerprint density at radius 3 is 2.67 bits per heavy atom. The van der Waals surface area contributed by atoms with Gasteiger partial charge in [0.2, 0.25) is 0 Å². The molecule has 0 aliphatic heterocycles. The number of rotatable bonds is 1. The van der Waals surface area contributed by atoms with Gasteiger partial charge in [0.25, 0.3) is 0 Å². The summed E-state index contributed by atoms with van der Waals surface area (Å²) < 4.78 is 0. The fourth-order valence-electron chi connectivity index (χ4n) is 0.773. The molecule has 0 radical (unpaired) electrons. The molecule has 12 heavy (non-hydrogen) atoms. The highest BCUT2D eigenvalue weighted by molar-refractivity contribution is 5.51. The fourth-order valence-corrected chi connectivity index (χ4v) is 0.773. The van der Waals surface area contributed by atoms with E-state index in [4.69, 9.17) is 5.26 Å². The van der Waals surface area contributed by atoms with Gasteiger partial charge < -0.3 is 10.0 Å². The van der Waals surface area contributed by atoms with E-state index in [2.05, 4.69) is 4.98 Å². The molecule has 0 spiro atoms. The summed E-state index contributed by atoms with van der Waals surface area (Å²) in [6, 6.07) is 3.29. The average Bonchev–Trinajstić information content (AvgIpc) is 2.04. The molecule has 1 aromatic rings. The molecule has 0 saturated carbocycles. The van der Waals surface area contributed by atoms with Gasteiger partial charge in [-0.3, -0.25) is 0 Å². The topological polar surface area (TPSA) is 60.2 Å². The molecule has 1 rings (SSSR count). The number of aromatic nitrogens is 1. The Labute approximate surface area is 70.7 Å². The second-order valence-corrected chi connectivity index (χ2v) is 2.57. The van der Waals surface area contributed by atoms with Crippen molar-refractivity contribution in [1.29, 1.82) is 5.26 Å². The van der Waals surface area contributed by atoms with E-state index in [1.54, 1.807) is 11.0 Å². The monoisotopic (exact) mass is 163 g/mol. The highest BCUT2D eigenvalue weighted by Crippen LogP contribution is 2.19. The zero-order chi connectivity index (χ0) is 9.14. The van der Waals surface area contributed by atoms with E-state index in [1.165, 1.54) is 12.3 Å². The highest BCUT2D eigenvalue weighted by atomic mass is 16.3. The molecule has 0 aliphatic rings. The number of nitriles is 1. The minimum atomic E-state index is -0.0799. The first-order valence-corrected chi connectivity index (χ1v) is 3.41. The predicted molar refractivity (Wildman–Crippen MR) is 44.9 cm³/mol. The van der Waals surface area contributed by atoms with Crippen molar-refractivity contribution in [3.05, 3.63) is 18.0 Å². The Kier molecular flexibility index (Phi) is 2.15. The van der Waals surface area contributed by atoms with Gasteiger partial charge >= 0.3 is 0 Å². The van der Waals surface area contributed by atoms with Crippen molar-refractivity contribution < 1.29 is 5.11 Å². The van der Waals surface area contributed by atoms with Gasteiger partial charge in [0.1, 0.15) is 6.07 Å². The van der Waals surface area contributed by atoms with Gasteiger partial charge in [-0.25, -0.2) is 4.98 Å². The normalized spacial score (nSPS) is 9.08. The lowest BCUT2D eigenvalue weighted by Crippen LogP contribution is -2.08. The molecule has 4 heteroatoms. The summed E-state index contributed by atoms with van der Waals surface area (Å²) in [5, 5.41) is 17.7. The smallest absolute Gasteiger partial charge is 0.182 e. The number of pyridine rings is 1. The minimum Gasteiger partial charge on any atom is -0.505 e. The van der Waals surface area contributed by atoms with E-state index in [0.29, 0.717) is 0 Å². The zero-order valence-corrected chi connectivity index (χ0v) is 6.94. The first-order valence-electron chi connectivity index (χ1n) is 3.41. The number of hydrogen-bond acceptors (Lipinski definition) is 4. The van der Waals surface area contributed by atoms with Gasteiger partial charge in [-0.15, -0.1) is 0 Å². The van der Waals surface area contributed by atoms with Gasteiger partial charge in [0.15, 0.2) is 11.4 Å². The summed E-state index contributed by atoms with van der Waals surface area (Å²) in [4.78, 5) is 5.56. The lowest BCUT2D eigenvalue weighted by molar-refractivity contribution is 0.470. The van der Waals surface area contributed by atoms with Crippen LogP contribution in [0.3, 0.4) is 0 Å². The maximum Gasteiger partial charge on any atom is 0.182 e. The van der Waals surface area contributed by atoms with Crippen molar-refractivity contribution in [2.75, 3.05) is 19.0 Å². The molecule has 0 bridgehead atoms. The summed E-state index contributed by atoms with van der Waals surface area (Å²) in [5.74, 6) is -0.0799. The third kappa shape index (κ3) is 1.45. The molecule has 0 aromatic carbocycles. The van der Waals surface area contributed by atoms with E-state index < -0.39 is 0 Å². The van der Waals surface area contributed by atoms with Crippen LogP contribution in [0.25, 0.3) is 0 Å². The standard InChI is InChI=1S/C8H9N3O/c1-11(2)6-3-8(12)7(4-9)10-5-6/h3,5,12H,1-2H3. The van der Waals surface area contributed by atoms with Crippen LogP contribution in [0.2, 0.25) is 0 Å². The summed E-state index contributed by atoms with van der Waals surface area (Å²) in [6.07, 6.45) is 1.54. The van der Waals surface area contributed by atoms with E-state index in [0.717, 1.165) is 5.69 Å². The second kappa shape index (κ2) is 3.09. The summed E-state index contributed by atoms with van der Waals surface area (Å²) >= 11 is 0. The third-order valence-electron chi connectivity index (χ3n) is 1.48. The second-order valence-electron chi connectivity index (χ2n) is 2.57. The van der Waals surface area contributed by atoms with Crippen LogP contribution >= 0.6 is 0 Å². The van der Waals surface area contributed by atoms with Crippen molar-refractivity contribution in [1.82, 2.24) is 4.98 Å². The molecule has 1 heterocycles. The number of nitrogens with zero attached hydrogens (tertiary/aromatic N) is 3. The highest BCUT2D eigenvalue weighted by Gasteiger charge is 2.03. The molecule has 1 aromatic heterocycles. The van der Waals surface area contributed by atoms with Crippen LogP contribution in [0, 0.1) is 11.3 Å². The molecule has 4 nitrogen and oxygen atoms in total. The van der Waals surface area contributed by atoms with Crippen LogP contribution in [0.15, 0.2) is 12.3 Å². The lowest BCUT2D eigenvalue weighted by atomic mass is 10.3. The van der Waals surface area contributed by atoms with E-state index in [9.17, 15) is 5.11 Å². The summed E-state index contributed by atoms with van der Waals surface area (Å²) in [6.45, 7) is 0. The Morgan fingerprint density at radius 2 is 2.25 bits per heavy atom. The minimum absolute atomic E-state index is 0.0561. The molecule has 0 atom stereocenters. The molecule has 0 aliphatic carbocycles. The Balaban J connectivity index is 3.12. The Hall–Kier alpha value is -1.76. The molecular weight excluding hydrogens is 154 g/mol. The Morgan fingerprint density at radius 1 is 1.58 bits per heavy atom. The van der Waals surface area contributed by atoms with Crippen molar-refractivity contribution in [2.24, 2.45) is 0 Å². The summed E-state index contributed by atoms with van der Waals surface area (Å²) in [7, 11) is 3.67. The molecule has 0 fully saturated rings. The van der Waals surface area contributed by atoms with Crippen molar-refractivity contribution in [3.8, 4) is 11.8 Å². The van der Waals surface area contributed by atoms with E-state index >= 15 is 0 Å². The maximum absolute atomic E-state index is 9.23. The van der Waals surface area contributed by atoms with Crippen LogP contribution in [-0.4, -0.2) is 24.2 Å². The molecule has 0 saturated heterocycles. The van der Waals surface area contributed by atoms with Gasteiger partial charge in [-0.2, -0.15) is 5.26 Å². The van der Waals surface area contributed by atoms with Gasteiger partial charge in [0, 0.05) is 20.2 Å². The van der Waals surface area contributed by atoms with Crippen molar-refractivity contribution >= 4 is 5.69 Å². The SMILES string of the molecule is CN(C)c1cnc(C#N)c(O)c1. The van der Waals surface area contributed by atoms with Crippen molar-refractivity contribution in [2.45, 2.75) is 0 Å². The predicted octanol–water partition coefficient (Wildman–Crippen LogP) is 0.725. The van der Waals surface area contributed by atoms with Gasteiger partial charge in [0.05, 0.1) is 11.9 Å². The largest absolute Gasteiger partial charge is 0.505 e. The molecular formula is C8H9N3O. The molecule has 62 valence electrons. The fraction of sp³-hybridized carbons (Fsp3) is 0.250. The summed E-state index contributed by atoms with van der Waals surface area (Å²) in [5.41, 5.74) is 0.826.